The van der Waals surface area contributed by atoms with Gasteiger partial charge in [-0.05, 0) is 43.2 Å². The first-order valence-electron chi connectivity index (χ1n) is 5.49. The highest BCUT2D eigenvalue weighted by atomic mass is 19.4. The molecule has 4 heteroatoms. The lowest BCUT2D eigenvalue weighted by Gasteiger charge is -2.11. The number of hydrogen-bond donors (Lipinski definition) is 0. The molecule has 0 amide bonds. The number of rotatable bonds is 1. The predicted molar refractivity (Wildman–Crippen MR) is 64.1 cm³/mol. The molecule has 0 saturated heterocycles. The third-order valence-corrected chi connectivity index (χ3v) is 2.85. The molecule has 1 aromatic carbocycles. The van der Waals surface area contributed by atoms with Crippen molar-refractivity contribution >= 4 is 0 Å². The molecule has 1 nitrogen and oxygen atoms in total. The van der Waals surface area contributed by atoms with Gasteiger partial charge in [-0.25, -0.2) is 0 Å². The minimum atomic E-state index is -4.29. The van der Waals surface area contributed by atoms with Crippen molar-refractivity contribution in [2.75, 3.05) is 0 Å². The van der Waals surface area contributed by atoms with Crippen LogP contribution >= 0.6 is 0 Å². The lowest BCUT2D eigenvalue weighted by atomic mass is 9.98. The number of nitrogens with zero attached hydrogens (tertiary/aromatic N) is 1. The van der Waals surface area contributed by atoms with Crippen LogP contribution in [0.5, 0.6) is 0 Å². The molecule has 0 unspecified atom stereocenters. The highest BCUT2D eigenvalue weighted by Crippen LogP contribution is 2.32. The van der Waals surface area contributed by atoms with Gasteiger partial charge in [0.2, 0.25) is 0 Å². The summed E-state index contributed by atoms with van der Waals surface area (Å²) in [5.41, 5.74) is 2.83. The Bertz CT molecular complexity index is 536. The minimum Gasteiger partial charge on any atom is -0.261 e. The van der Waals surface area contributed by atoms with Crippen molar-refractivity contribution in [1.82, 2.24) is 4.98 Å². The van der Waals surface area contributed by atoms with Gasteiger partial charge in [0.15, 0.2) is 0 Å². The lowest BCUT2D eigenvalue weighted by molar-refractivity contribution is -0.137. The van der Waals surface area contributed by atoms with E-state index < -0.39 is 11.7 Å². The molecule has 2 aromatic rings. The zero-order valence-corrected chi connectivity index (χ0v) is 10.0. The number of pyridine rings is 1. The molecule has 0 atom stereocenters. The zero-order chi connectivity index (χ0) is 13.3. The molecule has 0 aliphatic rings. The summed E-state index contributed by atoms with van der Waals surface area (Å²) in [5, 5.41) is 0. The first-order chi connectivity index (χ1) is 8.39. The topological polar surface area (TPSA) is 12.9 Å². The molecular weight excluding hydrogens is 239 g/mol. The van der Waals surface area contributed by atoms with Gasteiger partial charge in [-0.2, -0.15) is 13.2 Å². The summed E-state index contributed by atoms with van der Waals surface area (Å²) in [4.78, 5) is 4.17. The van der Waals surface area contributed by atoms with Crippen LogP contribution in [0.15, 0.2) is 36.5 Å². The standard InChI is InChI=1S/C14H12F3N/c1-9-7-8-18-10(2)13(9)11-3-5-12(6-4-11)14(15,16)17/h3-8H,1-2H3. The number of aromatic nitrogens is 1. The number of halogens is 3. The SMILES string of the molecule is Cc1ccnc(C)c1-c1ccc(C(F)(F)F)cc1. The van der Waals surface area contributed by atoms with Crippen LogP contribution in [0.2, 0.25) is 0 Å². The number of hydrogen-bond acceptors (Lipinski definition) is 1. The van der Waals surface area contributed by atoms with Gasteiger partial charge in [0.25, 0.3) is 0 Å². The van der Waals surface area contributed by atoms with Crippen molar-refractivity contribution in [2.24, 2.45) is 0 Å². The van der Waals surface area contributed by atoms with Gasteiger partial charge in [-0.15, -0.1) is 0 Å². The number of alkyl halides is 3. The van der Waals surface area contributed by atoms with Gasteiger partial charge in [0, 0.05) is 17.5 Å². The molecule has 1 heterocycles. The summed E-state index contributed by atoms with van der Waals surface area (Å²) < 4.78 is 37.4. The van der Waals surface area contributed by atoms with Crippen molar-refractivity contribution < 1.29 is 13.2 Å². The fraction of sp³-hybridized carbons (Fsp3) is 0.214. The monoisotopic (exact) mass is 251 g/mol. The Hall–Kier alpha value is -1.84. The Kier molecular flexibility index (Phi) is 3.11. The molecule has 94 valence electrons. The number of benzene rings is 1. The van der Waals surface area contributed by atoms with Gasteiger partial charge in [0.05, 0.1) is 5.56 Å². The summed E-state index contributed by atoms with van der Waals surface area (Å²) in [6.45, 7) is 3.77. The van der Waals surface area contributed by atoms with Crippen LogP contribution in [0.4, 0.5) is 13.2 Å². The molecular formula is C14H12F3N. The molecule has 0 spiro atoms. The van der Waals surface area contributed by atoms with Crippen LogP contribution in [0.1, 0.15) is 16.8 Å². The van der Waals surface area contributed by atoms with E-state index in [1.807, 2.05) is 19.9 Å². The molecule has 1 aromatic heterocycles. The Balaban J connectivity index is 2.47. The average Bonchev–Trinajstić information content (AvgIpc) is 2.28. The van der Waals surface area contributed by atoms with Crippen LogP contribution < -0.4 is 0 Å². The van der Waals surface area contributed by atoms with E-state index in [4.69, 9.17) is 0 Å². The van der Waals surface area contributed by atoms with Crippen LogP contribution in [0.3, 0.4) is 0 Å². The van der Waals surface area contributed by atoms with Crippen molar-refractivity contribution in [3.63, 3.8) is 0 Å². The average molecular weight is 251 g/mol. The fourth-order valence-electron chi connectivity index (χ4n) is 1.96. The van der Waals surface area contributed by atoms with E-state index in [-0.39, 0.29) is 0 Å². The Morgan fingerprint density at radius 3 is 2.06 bits per heavy atom. The van der Waals surface area contributed by atoms with E-state index in [0.29, 0.717) is 0 Å². The van der Waals surface area contributed by atoms with E-state index >= 15 is 0 Å². The maximum absolute atomic E-state index is 12.5. The second-order valence-electron chi connectivity index (χ2n) is 4.16. The molecule has 2 rings (SSSR count). The highest BCUT2D eigenvalue weighted by molar-refractivity contribution is 5.69. The summed E-state index contributed by atoms with van der Waals surface area (Å²) in [7, 11) is 0. The smallest absolute Gasteiger partial charge is 0.261 e. The van der Waals surface area contributed by atoms with Crippen molar-refractivity contribution in [3.8, 4) is 11.1 Å². The first-order valence-corrected chi connectivity index (χ1v) is 5.49. The molecule has 0 fully saturated rings. The fourth-order valence-corrected chi connectivity index (χ4v) is 1.96. The number of aryl methyl sites for hydroxylation is 2. The van der Waals surface area contributed by atoms with Crippen LogP contribution in [-0.4, -0.2) is 4.98 Å². The first kappa shape index (κ1) is 12.6. The molecule has 18 heavy (non-hydrogen) atoms. The largest absolute Gasteiger partial charge is 0.416 e. The molecule has 0 aliphatic heterocycles. The van der Waals surface area contributed by atoms with E-state index in [1.165, 1.54) is 12.1 Å². The highest BCUT2D eigenvalue weighted by Gasteiger charge is 2.30. The molecule has 0 radical (unpaired) electrons. The maximum Gasteiger partial charge on any atom is 0.416 e. The third-order valence-electron chi connectivity index (χ3n) is 2.85. The van der Waals surface area contributed by atoms with E-state index in [0.717, 1.165) is 34.5 Å². The normalized spacial score (nSPS) is 11.6. The zero-order valence-electron chi connectivity index (χ0n) is 10.0. The summed E-state index contributed by atoms with van der Waals surface area (Å²) in [5.74, 6) is 0. The molecule has 0 aliphatic carbocycles. The summed E-state index contributed by atoms with van der Waals surface area (Å²) in [6, 6.07) is 7.02. The van der Waals surface area contributed by atoms with Crippen LogP contribution in [0, 0.1) is 13.8 Å². The predicted octanol–water partition coefficient (Wildman–Crippen LogP) is 4.38. The van der Waals surface area contributed by atoms with E-state index in [2.05, 4.69) is 4.98 Å². The van der Waals surface area contributed by atoms with Crippen molar-refractivity contribution in [2.45, 2.75) is 20.0 Å². The second-order valence-corrected chi connectivity index (χ2v) is 4.16. The minimum absolute atomic E-state index is 0.634. The maximum atomic E-state index is 12.5. The van der Waals surface area contributed by atoms with Crippen molar-refractivity contribution in [3.05, 3.63) is 53.3 Å². The van der Waals surface area contributed by atoms with Crippen LogP contribution in [-0.2, 0) is 6.18 Å². The second kappa shape index (κ2) is 4.44. The van der Waals surface area contributed by atoms with E-state index in [9.17, 15) is 13.2 Å². The Morgan fingerprint density at radius 2 is 1.56 bits per heavy atom. The van der Waals surface area contributed by atoms with Gasteiger partial charge in [0.1, 0.15) is 0 Å². The van der Waals surface area contributed by atoms with Gasteiger partial charge < -0.3 is 0 Å². The summed E-state index contributed by atoms with van der Waals surface area (Å²) in [6.07, 6.45) is -2.60. The third kappa shape index (κ3) is 2.37. The molecule has 0 N–H and O–H groups in total. The van der Waals surface area contributed by atoms with Gasteiger partial charge in [-0.3, -0.25) is 4.98 Å². The van der Waals surface area contributed by atoms with Crippen LogP contribution in [0.25, 0.3) is 11.1 Å². The Labute approximate surface area is 103 Å². The lowest BCUT2D eigenvalue weighted by Crippen LogP contribution is -2.04. The molecule has 0 saturated carbocycles. The molecule has 0 bridgehead atoms. The van der Waals surface area contributed by atoms with Gasteiger partial charge in [-0.1, -0.05) is 12.1 Å². The van der Waals surface area contributed by atoms with E-state index in [1.54, 1.807) is 6.20 Å². The Morgan fingerprint density at radius 1 is 0.944 bits per heavy atom. The summed E-state index contributed by atoms with van der Waals surface area (Å²) >= 11 is 0. The van der Waals surface area contributed by atoms with Gasteiger partial charge >= 0.3 is 6.18 Å². The quantitative estimate of drug-likeness (QED) is 0.732. The van der Waals surface area contributed by atoms with Crippen molar-refractivity contribution in [1.29, 1.82) is 0 Å².